The van der Waals surface area contributed by atoms with Gasteiger partial charge in [0.05, 0.1) is 11.9 Å². The molecule has 0 aliphatic rings. The van der Waals surface area contributed by atoms with Gasteiger partial charge in [0.25, 0.3) is 0 Å². The molecule has 0 aromatic heterocycles. The van der Waals surface area contributed by atoms with E-state index in [0.29, 0.717) is 0 Å². The molecule has 0 saturated carbocycles. The average Bonchev–Trinajstić information content (AvgIpc) is 1.63. The first kappa shape index (κ1) is 36.0. The van der Waals surface area contributed by atoms with Crippen molar-refractivity contribution in [3.8, 4) is 0 Å². The van der Waals surface area contributed by atoms with E-state index in [9.17, 15) is 0 Å². The van der Waals surface area contributed by atoms with Gasteiger partial charge in [-0.05, 0) is 0 Å². The van der Waals surface area contributed by atoms with Crippen molar-refractivity contribution in [2.24, 2.45) is 0 Å². The summed E-state index contributed by atoms with van der Waals surface area (Å²) in [4.78, 5) is 17.9. The van der Waals surface area contributed by atoms with Gasteiger partial charge in [0.1, 0.15) is 0 Å². The Morgan fingerprint density at radius 1 is 0.786 bits per heavy atom. The predicted molar refractivity (Wildman–Crippen MR) is 10.7 cm³/mol. The van der Waals surface area contributed by atoms with Crippen molar-refractivity contribution in [3.63, 3.8) is 0 Å². The van der Waals surface area contributed by atoms with Gasteiger partial charge >= 0.3 is 148 Å². The normalized spacial score (nSPS) is 5.00. The molecule has 0 spiro atoms. The molecule has 0 N–H and O–H groups in total. The first-order valence-corrected chi connectivity index (χ1v) is 3.59. The van der Waals surface area contributed by atoms with Crippen molar-refractivity contribution in [1.82, 2.24) is 0 Å². The molecule has 0 saturated heterocycles. The van der Waals surface area contributed by atoms with Crippen LogP contribution in [-0.4, -0.2) is 11.9 Å². The second-order valence-electron chi connectivity index (χ2n) is 0.825. The number of hydrogen-bond donors (Lipinski definition) is 0. The number of carbonyl (C=O) groups excluding carboxylic acids is 2. The van der Waals surface area contributed by atoms with Crippen LogP contribution in [0.4, 0.5) is 0 Å². The minimum absolute atomic E-state index is 0. The summed E-state index contributed by atoms with van der Waals surface area (Å²) in [5.41, 5.74) is 0. The molecule has 0 bridgehead atoms. The van der Waals surface area contributed by atoms with E-state index in [1.165, 1.54) is 0 Å². The van der Waals surface area contributed by atoms with Crippen LogP contribution in [0.2, 0.25) is 0 Å². The Bertz CT molecular complexity index is 146. The molecule has 58 valence electrons. The second-order valence-corrected chi connectivity index (χ2v) is 1.61. The fraction of sp³-hybridized carbons (Fsp3) is 0. The summed E-state index contributed by atoms with van der Waals surface area (Å²) in [5.74, 6) is -4.37. The fourth-order valence-electron chi connectivity index (χ4n) is 0. The quantitative estimate of drug-likeness (QED) is 0.315. The molecule has 0 rings (SSSR count). The first-order chi connectivity index (χ1) is 4.37. The van der Waals surface area contributed by atoms with E-state index >= 15 is 0 Å². The van der Waals surface area contributed by atoms with Crippen LogP contribution in [0, 0.1) is 0 Å². The number of aliphatic carboxylic acids is 2. The summed E-state index contributed by atoms with van der Waals surface area (Å²) >= 11 is -4.08. The third-order valence-corrected chi connectivity index (χ3v) is 0.167. The van der Waals surface area contributed by atoms with Crippen LogP contribution in [0.1, 0.15) is 0 Å². The summed E-state index contributed by atoms with van der Waals surface area (Å²) in [6, 6.07) is 0. The summed E-state index contributed by atoms with van der Waals surface area (Å²) in [5, 5.41) is 17.9. The van der Waals surface area contributed by atoms with Gasteiger partial charge in [0, 0.05) is 0 Å². The maximum absolute atomic E-state index is 8.93. The zero-order valence-corrected chi connectivity index (χ0v) is 17.9. The SMILES string of the molecule is O=C([O-])C(=O)[O-].[Na+].[Na+].[Na+].[Na+].[O]=[Ti]([O-])[O-]. The average molecular weight is 276 g/mol. The molecule has 14 heavy (non-hydrogen) atoms. The van der Waals surface area contributed by atoms with Crippen molar-refractivity contribution < 1.29 is 167 Å². The standard InChI is InChI=1S/C2H2O4.4Na.3O.Ti/c3-1(4)2(5)6;;;;;;;;/h(H,3,4)(H,5,6);;;;;;;;/q;4*+1;;2*-1;/p-2. The Balaban J connectivity index is -0.0000000185. The topological polar surface area (TPSA) is 143 Å². The van der Waals surface area contributed by atoms with Gasteiger partial charge in [0.15, 0.2) is 0 Å². The summed E-state index contributed by atoms with van der Waals surface area (Å²) in [6.45, 7) is 0. The minimum atomic E-state index is -4.08. The van der Waals surface area contributed by atoms with E-state index in [1.807, 2.05) is 0 Å². The van der Waals surface area contributed by atoms with Gasteiger partial charge in [-0.3, -0.25) is 0 Å². The van der Waals surface area contributed by atoms with E-state index in [-0.39, 0.29) is 118 Å². The van der Waals surface area contributed by atoms with Crippen LogP contribution >= 0.6 is 0 Å². The Labute approximate surface area is 175 Å². The van der Waals surface area contributed by atoms with Gasteiger partial charge < -0.3 is 19.8 Å². The number of carboxylic acids is 2. The Morgan fingerprint density at radius 3 is 0.857 bits per heavy atom. The fourth-order valence-corrected chi connectivity index (χ4v) is 0. The van der Waals surface area contributed by atoms with Gasteiger partial charge in [-0.25, -0.2) is 0 Å². The molecule has 0 atom stereocenters. The Kier molecular flexibility index (Phi) is 65.0. The molecule has 0 fully saturated rings. The van der Waals surface area contributed by atoms with Gasteiger partial charge in [-0.1, -0.05) is 0 Å². The van der Waals surface area contributed by atoms with Gasteiger partial charge in [-0.2, -0.15) is 0 Å². The van der Waals surface area contributed by atoms with Gasteiger partial charge in [-0.15, -0.1) is 0 Å². The van der Waals surface area contributed by atoms with Crippen molar-refractivity contribution in [2.75, 3.05) is 0 Å². The molecule has 0 aromatic carbocycles. The van der Waals surface area contributed by atoms with Crippen LogP contribution < -0.4 is 136 Å². The monoisotopic (exact) mass is 276 g/mol. The zero-order valence-electron chi connectivity index (χ0n) is 8.36. The molecular formula is C2Na4O7Ti. The number of carbonyl (C=O) groups is 2. The molecule has 0 radical (unpaired) electrons. The molecule has 0 aliphatic carbocycles. The van der Waals surface area contributed by atoms with Crippen molar-refractivity contribution in [2.45, 2.75) is 0 Å². The molecule has 0 heterocycles. The molecular weight excluding hydrogens is 276 g/mol. The van der Waals surface area contributed by atoms with E-state index in [4.69, 9.17) is 30.5 Å². The van der Waals surface area contributed by atoms with E-state index in [2.05, 4.69) is 0 Å². The van der Waals surface area contributed by atoms with E-state index in [1.54, 1.807) is 0 Å². The first-order valence-electron chi connectivity index (χ1n) is 1.68. The summed E-state index contributed by atoms with van der Waals surface area (Å²) in [6.07, 6.45) is 0. The van der Waals surface area contributed by atoms with Gasteiger partial charge in [0.2, 0.25) is 0 Å². The second kappa shape index (κ2) is 25.3. The molecule has 0 aromatic rings. The van der Waals surface area contributed by atoms with Crippen LogP contribution in [0.15, 0.2) is 0 Å². The molecule has 0 unspecified atom stereocenters. The van der Waals surface area contributed by atoms with E-state index < -0.39 is 30.6 Å². The van der Waals surface area contributed by atoms with Crippen molar-refractivity contribution >= 4 is 11.9 Å². The van der Waals surface area contributed by atoms with Crippen LogP contribution in [-0.2, 0) is 31.5 Å². The molecule has 12 heteroatoms. The Morgan fingerprint density at radius 2 is 0.857 bits per heavy atom. The third kappa shape index (κ3) is 58.4. The summed E-state index contributed by atoms with van der Waals surface area (Å²) in [7, 11) is 0. The number of rotatable bonds is 0. The van der Waals surface area contributed by atoms with Crippen LogP contribution in [0.5, 0.6) is 0 Å². The van der Waals surface area contributed by atoms with Crippen LogP contribution in [0.25, 0.3) is 0 Å². The maximum atomic E-state index is 8.93. The zero-order chi connectivity index (χ0) is 8.73. The predicted octanol–water partition coefficient (Wildman–Crippen LogP) is -18.0. The third-order valence-electron chi connectivity index (χ3n) is 0.167. The van der Waals surface area contributed by atoms with Crippen molar-refractivity contribution in [3.05, 3.63) is 0 Å². The molecule has 0 amide bonds. The van der Waals surface area contributed by atoms with Crippen LogP contribution in [0.3, 0.4) is 0 Å². The Hall–Kier alpha value is 3.37. The molecule has 7 nitrogen and oxygen atoms in total. The number of carboxylic acid groups (broad SMARTS) is 2. The van der Waals surface area contributed by atoms with E-state index in [0.717, 1.165) is 0 Å². The summed E-state index contributed by atoms with van der Waals surface area (Å²) < 4.78 is 25.8. The van der Waals surface area contributed by atoms with Crippen molar-refractivity contribution in [1.29, 1.82) is 0 Å². The molecule has 0 aliphatic heterocycles. The number of hydrogen-bond acceptors (Lipinski definition) is 7.